The lowest BCUT2D eigenvalue weighted by Crippen LogP contribution is -2.44. The number of H-pyrrole nitrogens is 1. The van der Waals surface area contributed by atoms with Gasteiger partial charge in [0.05, 0.1) is 17.1 Å². The number of piperidine rings is 1. The summed E-state index contributed by atoms with van der Waals surface area (Å²) >= 11 is 3.54. The van der Waals surface area contributed by atoms with E-state index in [-0.39, 0.29) is 6.04 Å². The molecule has 2 fully saturated rings. The van der Waals surface area contributed by atoms with Gasteiger partial charge in [-0.15, -0.1) is 0 Å². The van der Waals surface area contributed by atoms with Crippen LogP contribution in [0.3, 0.4) is 0 Å². The van der Waals surface area contributed by atoms with Crippen molar-refractivity contribution in [3.63, 3.8) is 0 Å². The third-order valence-corrected chi connectivity index (χ3v) is 6.29. The predicted octanol–water partition coefficient (Wildman–Crippen LogP) is 4.11. The molecule has 0 spiro atoms. The summed E-state index contributed by atoms with van der Waals surface area (Å²) < 4.78 is 1.09. The van der Waals surface area contributed by atoms with E-state index in [2.05, 4.69) is 56.1 Å². The van der Waals surface area contributed by atoms with Crippen molar-refractivity contribution in [2.75, 3.05) is 0 Å². The lowest BCUT2D eigenvalue weighted by molar-refractivity contribution is 0.211. The predicted molar refractivity (Wildman–Crippen MR) is 101 cm³/mol. The van der Waals surface area contributed by atoms with Crippen LogP contribution in [0.2, 0.25) is 6.82 Å². The van der Waals surface area contributed by atoms with Gasteiger partial charge in [-0.25, -0.2) is 4.98 Å². The van der Waals surface area contributed by atoms with E-state index in [1.807, 2.05) is 6.82 Å². The molecule has 2 aromatic carbocycles. The van der Waals surface area contributed by atoms with Crippen molar-refractivity contribution in [1.82, 2.24) is 14.8 Å². The van der Waals surface area contributed by atoms with E-state index in [1.54, 1.807) is 0 Å². The molecule has 2 N–H and O–H groups in total. The molecule has 4 nitrogen and oxygen atoms in total. The fraction of sp³-hybridized carbons (Fsp3) is 0.389. The summed E-state index contributed by atoms with van der Waals surface area (Å²) in [6, 6.07) is 11.3. The Morgan fingerprint density at radius 1 is 1.29 bits per heavy atom. The maximum Gasteiger partial charge on any atom is 0.377 e. The van der Waals surface area contributed by atoms with Crippen LogP contribution >= 0.6 is 15.9 Å². The average Bonchev–Trinajstić information content (AvgIpc) is 3.27. The summed E-state index contributed by atoms with van der Waals surface area (Å²) in [5.41, 5.74) is 2.11. The van der Waals surface area contributed by atoms with E-state index in [4.69, 9.17) is 4.98 Å². The second-order valence-corrected chi connectivity index (χ2v) is 8.11. The maximum absolute atomic E-state index is 10.3. The highest BCUT2D eigenvalue weighted by molar-refractivity contribution is 9.10. The number of nitrogens with zero attached hydrogens (tertiary/aromatic N) is 2. The molecular weight excluding hydrogens is 365 g/mol. The van der Waals surface area contributed by atoms with Crippen molar-refractivity contribution in [2.24, 2.45) is 5.92 Å². The molecule has 2 aliphatic rings. The molecule has 0 unspecified atom stereocenters. The molecule has 1 aliphatic carbocycles. The number of aromatic amines is 1. The van der Waals surface area contributed by atoms with E-state index in [9.17, 15) is 5.02 Å². The van der Waals surface area contributed by atoms with Crippen LogP contribution in [-0.2, 0) is 0 Å². The zero-order valence-corrected chi connectivity index (χ0v) is 15.1. The minimum atomic E-state index is -0.425. The third-order valence-electron chi connectivity index (χ3n) is 5.80. The SMILES string of the molecule is CB(O)N1[C@@H]2CC[C@@H](C2)[C@H]1c1nc2ccc3cc(Br)ccc3c2[nH]1. The molecule has 1 saturated heterocycles. The maximum atomic E-state index is 10.3. The molecule has 3 aromatic rings. The van der Waals surface area contributed by atoms with Crippen LogP contribution in [0.4, 0.5) is 0 Å². The first kappa shape index (κ1) is 14.9. The molecular formula is C18H19BBrN3O. The number of benzene rings is 2. The van der Waals surface area contributed by atoms with E-state index in [0.29, 0.717) is 12.0 Å². The second-order valence-electron chi connectivity index (χ2n) is 7.20. The normalized spacial score (nSPS) is 26.7. The monoisotopic (exact) mass is 383 g/mol. The molecule has 1 saturated carbocycles. The Morgan fingerprint density at radius 3 is 3.00 bits per heavy atom. The van der Waals surface area contributed by atoms with Crippen molar-refractivity contribution < 1.29 is 5.02 Å². The Hall–Kier alpha value is -1.37. The molecule has 1 aromatic heterocycles. The zero-order chi connectivity index (χ0) is 16.4. The highest BCUT2D eigenvalue weighted by Gasteiger charge is 2.49. The van der Waals surface area contributed by atoms with Gasteiger partial charge in [-0.1, -0.05) is 28.1 Å². The van der Waals surface area contributed by atoms with Gasteiger partial charge < -0.3 is 14.8 Å². The Kier molecular flexibility index (Phi) is 3.31. The summed E-state index contributed by atoms with van der Waals surface area (Å²) in [6.45, 7) is 1.88. The average molecular weight is 384 g/mol. The van der Waals surface area contributed by atoms with Crippen LogP contribution in [0.1, 0.15) is 31.1 Å². The topological polar surface area (TPSA) is 52.1 Å². The standard InChI is InChI=1S/C18H19BBrN3O/c1-19(24)23-13-5-2-11(9-13)17(23)18-21-15-7-3-10-8-12(20)4-6-14(10)16(15)22-18/h3-4,6-8,11,13,17,24H,2,5,9H2,1H3,(H,21,22)/t11-,13+,17-/m0/s1. The second kappa shape index (κ2) is 5.31. The molecule has 2 heterocycles. The quantitative estimate of drug-likeness (QED) is 0.654. The van der Waals surface area contributed by atoms with E-state index in [1.165, 1.54) is 30.0 Å². The first-order valence-corrected chi connectivity index (χ1v) is 9.44. The molecule has 6 heteroatoms. The van der Waals surface area contributed by atoms with Crippen molar-refractivity contribution in [2.45, 2.75) is 38.2 Å². The number of hydrogen-bond donors (Lipinski definition) is 2. The minimum Gasteiger partial charge on any atom is -0.437 e. The number of nitrogens with one attached hydrogen (secondary N) is 1. The van der Waals surface area contributed by atoms with Gasteiger partial charge in [0.1, 0.15) is 5.82 Å². The minimum absolute atomic E-state index is 0.210. The van der Waals surface area contributed by atoms with E-state index >= 15 is 0 Å². The van der Waals surface area contributed by atoms with Gasteiger partial charge in [0.25, 0.3) is 0 Å². The van der Waals surface area contributed by atoms with Gasteiger partial charge >= 0.3 is 7.05 Å². The molecule has 1 aliphatic heterocycles. The van der Waals surface area contributed by atoms with E-state index < -0.39 is 7.05 Å². The molecule has 0 radical (unpaired) electrons. The van der Waals surface area contributed by atoms with Gasteiger partial charge in [0, 0.05) is 15.9 Å². The van der Waals surface area contributed by atoms with Crippen LogP contribution in [0.5, 0.6) is 0 Å². The van der Waals surface area contributed by atoms with Crippen molar-refractivity contribution >= 4 is 44.8 Å². The number of imidazole rings is 1. The number of aromatic nitrogens is 2. The molecule has 5 rings (SSSR count). The zero-order valence-electron chi connectivity index (χ0n) is 13.5. The Balaban J connectivity index is 1.66. The van der Waals surface area contributed by atoms with Gasteiger partial charge in [-0.05, 0) is 55.6 Å². The van der Waals surface area contributed by atoms with Crippen LogP contribution < -0.4 is 0 Å². The summed E-state index contributed by atoms with van der Waals surface area (Å²) in [4.78, 5) is 10.7. The fourth-order valence-corrected chi connectivity index (χ4v) is 5.24. The Labute approximate surface area is 149 Å². The van der Waals surface area contributed by atoms with Gasteiger partial charge in [0.15, 0.2) is 0 Å². The lowest BCUT2D eigenvalue weighted by Gasteiger charge is -2.34. The highest BCUT2D eigenvalue weighted by atomic mass is 79.9. The smallest absolute Gasteiger partial charge is 0.377 e. The van der Waals surface area contributed by atoms with Crippen LogP contribution in [-0.4, -0.2) is 32.9 Å². The van der Waals surface area contributed by atoms with Crippen molar-refractivity contribution in [3.8, 4) is 0 Å². The largest absolute Gasteiger partial charge is 0.437 e. The summed E-state index contributed by atoms with van der Waals surface area (Å²) in [7, 11) is -0.425. The third kappa shape index (κ3) is 2.09. The van der Waals surface area contributed by atoms with Gasteiger partial charge in [0.2, 0.25) is 0 Å². The summed E-state index contributed by atoms with van der Waals surface area (Å²) in [5, 5.41) is 12.7. The van der Waals surface area contributed by atoms with Gasteiger partial charge in [-0.2, -0.15) is 0 Å². The van der Waals surface area contributed by atoms with Crippen molar-refractivity contribution in [1.29, 1.82) is 0 Å². The summed E-state index contributed by atoms with van der Waals surface area (Å²) in [6.07, 6.45) is 3.62. The van der Waals surface area contributed by atoms with Crippen LogP contribution in [0, 0.1) is 5.92 Å². The number of fused-ring (bicyclic) bond motifs is 5. The lowest BCUT2D eigenvalue weighted by atomic mass is 9.79. The number of halogens is 1. The molecule has 24 heavy (non-hydrogen) atoms. The molecule has 3 atom stereocenters. The molecule has 2 bridgehead atoms. The van der Waals surface area contributed by atoms with Crippen LogP contribution in [0.15, 0.2) is 34.8 Å². The highest BCUT2D eigenvalue weighted by Crippen LogP contribution is 2.50. The van der Waals surface area contributed by atoms with E-state index in [0.717, 1.165) is 21.3 Å². The molecule has 122 valence electrons. The van der Waals surface area contributed by atoms with Crippen LogP contribution in [0.25, 0.3) is 21.8 Å². The van der Waals surface area contributed by atoms with Gasteiger partial charge in [-0.3, -0.25) is 0 Å². The first-order valence-electron chi connectivity index (χ1n) is 8.65. The Bertz CT molecular complexity index is 941. The summed E-state index contributed by atoms with van der Waals surface area (Å²) in [5.74, 6) is 1.61. The Morgan fingerprint density at radius 2 is 2.17 bits per heavy atom. The van der Waals surface area contributed by atoms with Crippen molar-refractivity contribution in [3.05, 3.63) is 40.6 Å². The fourth-order valence-electron chi connectivity index (χ4n) is 4.86. The first-order chi connectivity index (χ1) is 11.6. The number of rotatable bonds is 2. The molecule has 0 amide bonds. The number of hydrogen-bond acceptors (Lipinski definition) is 3.